The first-order chi connectivity index (χ1) is 7.45. The number of rotatable bonds is 4. The molecule has 88 valence electrons. The summed E-state index contributed by atoms with van der Waals surface area (Å²) >= 11 is 9.19. The number of nitro groups is 1. The second-order valence-corrected chi connectivity index (χ2v) is 5.18. The van der Waals surface area contributed by atoms with Gasteiger partial charge in [-0.15, -0.1) is 11.6 Å². The molecule has 0 aliphatic rings. The molecule has 0 heterocycles. The molecule has 0 fully saturated rings. The van der Waals surface area contributed by atoms with Gasteiger partial charge in [0.1, 0.15) is 0 Å². The molecule has 0 spiro atoms. The van der Waals surface area contributed by atoms with Crippen LogP contribution in [0.4, 0.5) is 5.69 Å². The van der Waals surface area contributed by atoms with E-state index in [4.69, 9.17) is 11.6 Å². The summed E-state index contributed by atoms with van der Waals surface area (Å²) < 4.78 is 0.769. The fourth-order valence-electron chi connectivity index (χ4n) is 1.54. The van der Waals surface area contributed by atoms with E-state index in [-0.39, 0.29) is 5.69 Å². The summed E-state index contributed by atoms with van der Waals surface area (Å²) in [4.78, 5) is 10.3. The highest BCUT2D eigenvalue weighted by Gasteiger charge is 2.15. The van der Waals surface area contributed by atoms with Crippen molar-refractivity contribution in [3.63, 3.8) is 0 Å². The highest BCUT2D eigenvalue weighted by Crippen LogP contribution is 2.30. The maximum atomic E-state index is 10.7. The molecule has 3 nitrogen and oxygen atoms in total. The Morgan fingerprint density at radius 2 is 2.12 bits per heavy atom. The van der Waals surface area contributed by atoms with Gasteiger partial charge in [0, 0.05) is 22.5 Å². The fourth-order valence-corrected chi connectivity index (χ4v) is 2.43. The molecule has 0 unspecified atom stereocenters. The average Bonchev–Trinajstić information content (AvgIpc) is 2.19. The maximum Gasteiger partial charge on any atom is 0.270 e. The summed E-state index contributed by atoms with van der Waals surface area (Å²) in [6.07, 6.45) is 0.862. The van der Waals surface area contributed by atoms with Crippen molar-refractivity contribution >= 4 is 33.2 Å². The number of hydrogen-bond donors (Lipinski definition) is 0. The lowest BCUT2D eigenvalue weighted by atomic mass is 9.98. The van der Waals surface area contributed by atoms with Gasteiger partial charge in [-0.05, 0) is 23.5 Å². The lowest BCUT2D eigenvalue weighted by Crippen LogP contribution is -2.01. The van der Waals surface area contributed by atoms with E-state index in [0.717, 1.165) is 22.0 Å². The first-order valence-corrected chi connectivity index (χ1v) is 6.30. The lowest BCUT2D eigenvalue weighted by Gasteiger charge is -2.12. The van der Waals surface area contributed by atoms with Gasteiger partial charge in [-0.25, -0.2) is 0 Å². The van der Waals surface area contributed by atoms with E-state index < -0.39 is 4.92 Å². The van der Waals surface area contributed by atoms with Crippen LogP contribution in [0.1, 0.15) is 25.0 Å². The molecule has 1 aromatic rings. The topological polar surface area (TPSA) is 43.1 Å². The number of nitrogens with zero attached hydrogens (tertiary/aromatic N) is 1. The largest absolute Gasteiger partial charge is 0.270 e. The third-order valence-corrected chi connectivity index (χ3v) is 3.24. The van der Waals surface area contributed by atoms with Crippen LogP contribution < -0.4 is 0 Å². The molecule has 0 atom stereocenters. The number of alkyl halides is 1. The van der Waals surface area contributed by atoms with Crippen molar-refractivity contribution in [1.82, 2.24) is 0 Å². The summed E-state index contributed by atoms with van der Waals surface area (Å²) in [6, 6.07) is 3.09. The Bertz CT molecular complexity index is 407. The van der Waals surface area contributed by atoms with Gasteiger partial charge in [0.2, 0.25) is 0 Å². The van der Waals surface area contributed by atoms with Crippen molar-refractivity contribution in [2.45, 2.75) is 26.1 Å². The molecule has 1 aromatic carbocycles. The Labute approximate surface area is 108 Å². The highest BCUT2D eigenvalue weighted by atomic mass is 79.9. The monoisotopic (exact) mass is 305 g/mol. The SMILES string of the molecule is CC(C)Cc1c(Br)cc([N+](=O)[O-])cc1CCl. The molecule has 0 aromatic heterocycles. The number of benzene rings is 1. The molecular formula is C11H13BrClNO2. The van der Waals surface area contributed by atoms with Gasteiger partial charge < -0.3 is 0 Å². The van der Waals surface area contributed by atoms with Crippen LogP contribution in [-0.4, -0.2) is 4.92 Å². The van der Waals surface area contributed by atoms with Crippen LogP contribution in [-0.2, 0) is 12.3 Å². The number of nitro benzene ring substituents is 1. The molecule has 0 aliphatic carbocycles. The quantitative estimate of drug-likeness (QED) is 0.473. The Kier molecular flexibility index (Phi) is 4.74. The Morgan fingerprint density at radius 1 is 1.50 bits per heavy atom. The Hall–Kier alpha value is -0.610. The van der Waals surface area contributed by atoms with Gasteiger partial charge >= 0.3 is 0 Å². The smallest absolute Gasteiger partial charge is 0.258 e. The molecule has 0 saturated carbocycles. The zero-order valence-corrected chi connectivity index (χ0v) is 11.5. The Balaban J connectivity index is 3.23. The van der Waals surface area contributed by atoms with Gasteiger partial charge in [-0.2, -0.15) is 0 Å². The zero-order valence-electron chi connectivity index (χ0n) is 9.17. The van der Waals surface area contributed by atoms with Crippen molar-refractivity contribution in [1.29, 1.82) is 0 Å². The maximum absolute atomic E-state index is 10.7. The van der Waals surface area contributed by atoms with E-state index in [0.29, 0.717) is 11.8 Å². The highest BCUT2D eigenvalue weighted by molar-refractivity contribution is 9.10. The molecule has 5 heteroatoms. The predicted octanol–water partition coefficient (Wildman–Crippen LogP) is 4.29. The number of halogens is 2. The van der Waals surface area contributed by atoms with Crippen LogP contribution in [0, 0.1) is 16.0 Å². The van der Waals surface area contributed by atoms with Crippen LogP contribution in [0.5, 0.6) is 0 Å². The summed E-state index contributed by atoms with van der Waals surface area (Å²) in [5.41, 5.74) is 1.97. The number of non-ortho nitro benzene ring substituents is 1. The van der Waals surface area contributed by atoms with E-state index in [2.05, 4.69) is 29.8 Å². The minimum Gasteiger partial charge on any atom is -0.258 e. The van der Waals surface area contributed by atoms with E-state index in [1.165, 1.54) is 6.07 Å². The van der Waals surface area contributed by atoms with Gasteiger partial charge in [0.05, 0.1) is 4.92 Å². The predicted molar refractivity (Wildman–Crippen MR) is 68.9 cm³/mol. The summed E-state index contributed by atoms with van der Waals surface area (Å²) in [5, 5.41) is 10.7. The molecule has 0 radical (unpaired) electrons. The van der Waals surface area contributed by atoms with E-state index in [9.17, 15) is 10.1 Å². The second kappa shape index (κ2) is 5.64. The molecular weight excluding hydrogens is 293 g/mol. The van der Waals surface area contributed by atoms with Crippen molar-refractivity contribution < 1.29 is 4.92 Å². The van der Waals surface area contributed by atoms with Gasteiger partial charge in [-0.3, -0.25) is 10.1 Å². The standard InChI is InChI=1S/C11H13BrClNO2/c1-7(2)3-10-8(6-13)4-9(14(15)16)5-11(10)12/h4-5,7H,3,6H2,1-2H3. The fraction of sp³-hybridized carbons (Fsp3) is 0.455. The second-order valence-electron chi connectivity index (χ2n) is 4.05. The first-order valence-electron chi connectivity index (χ1n) is 4.97. The van der Waals surface area contributed by atoms with Gasteiger partial charge in [-0.1, -0.05) is 29.8 Å². The number of hydrogen-bond acceptors (Lipinski definition) is 2. The molecule has 0 bridgehead atoms. The van der Waals surface area contributed by atoms with E-state index in [1.54, 1.807) is 6.07 Å². The van der Waals surface area contributed by atoms with E-state index >= 15 is 0 Å². The van der Waals surface area contributed by atoms with Crippen molar-refractivity contribution in [2.75, 3.05) is 0 Å². The van der Waals surface area contributed by atoms with Crippen molar-refractivity contribution in [3.8, 4) is 0 Å². The van der Waals surface area contributed by atoms with Crippen molar-refractivity contribution in [2.24, 2.45) is 5.92 Å². The first kappa shape index (κ1) is 13.5. The minimum absolute atomic E-state index is 0.0787. The molecule has 0 saturated heterocycles. The summed E-state index contributed by atoms with van der Waals surface area (Å²) in [7, 11) is 0. The normalized spacial score (nSPS) is 10.8. The molecule has 0 aliphatic heterocycles. The van der Waals surface area contributed by atoms with Crippen LogP contribution in [0.15, 0.2) is 16.6 Å². The third kappa shape index (κ3) is 3.19. The summed E-state index contributed by atoms with van der Waals surface area (Å²) in [6.45, 7) is 4.21. The van der Waals surface area contributed by atoms with Crippen LogP contribution in [0.2, 0.25) is 0 Å². The van der Waals surface area contributed by atoms with Crippen LogP contribution in [0.3, 0.4) is 0 Å². The van der Waals surface area contributed by atoms with Crippen LogP contribution in [0.25, 0.3) is 0 Å². The molecule has 0 N–H and O–H groups in total. The average molecular weight is 307 g/mol. The van der Waals surface area contributed by atoms with Crippen LogP contribution >= 0.6 is 27.5 Å². The third-order valence-electron chi connectivity index (χ3n) is 2.24. The molecule has 1 rings (SSSR count). The zero-order chi connectivity index (χ0) is 12.3. The molecule has 16 heavy (non-hydrogen) atoms. The summed E-state index contributed by atoms with van der Waals surface area (Å²) in [5.74, 6) is 0.780. The minimum atomic E-state index is -0.403. The van der Waals surface area contributed by atoms with E-state index in [1.807, 2.05) is 0 Å². The molecule has 0 amide bonds. The Morgan fingerprint density at radius 3 is 2.56 bits per heavy atom. The van der Waals surface area contributed by atoms with Gasteiger partial charge in [0.15, 0.2) is 0 Å². The lowest BCUT2D eigenvalue weighted by molar-refractivity contribution is -0.385. The van der Waals surface area contributed by atoms with Crippen molar-refractivity contribution in [3.05, 3.63) is 37.8 Å². The van der Waals surface area contributed by atoms with Gasteiger partial charge in [0.25, 0.3) is 5.69 Å².